The zero-order chi connectivity index (χ0) is 10.0. The summed E-state index contributed by atoms with van der Waals surface area (Å²) in [7, 11) is 0. The van der Waals surface area contributed by atoms with Gasteiger partial charge in [0.05, 0.1) is 6.61 Å². The van der Waals surface area contributed by atoms with Crippen molar-refractivity contribution in [1.29, 1.82) is 0 Å². The Hall–Kier alpha value is -1.69. The minimum atomic E-state index is -1.37. The Kier molecular flexibility index (Phi) is 2.43. The lowest BCUT2D eigenvalue weighted by molar-refractivity contribution is -0.142. The molecule has 1 heterocycles. The first kappa shape index (κ1) is 9.40. The average molecular weight is 187 g/mol. The highest BCUT2D eigenvalue weighted by molar-refractivity contribution is 5.72. The number of carbonyl (C=O) groups is 1. The number of hydrogen-bond acceptors (Lipinski definition) is 4. The van der Waals surface area contributed by atoms with Gasteiger partial charge >= 0.3 is 5.97 Å². The number of aliphatic carboxylic acids is 1. The maximum atomic E-state index is 10.5. The van der Waals surface area contributed by atoms with E-state index in [0.717, 1.165) is 16.7 Å². The van der Waals surface area contributed by atoms with Crippen molar-refractivity contribution in [2.24, 2.45) is 0 Å². The number of hydrogen-bond donors (Lipinski definition) is 4. The molecule has 72 valence electrons. The number of carboxylic acids is 1. The second-order valence-electron chi connectivity index (χ2n) is 2.46. The van der Waals surface area contributed by atoms with Crippen LogP contribution in [0, 0.1) is 0 Å². The fourth-order valence-corrected chi connectivity index (χ4v) is 1.02. The third kappa shape index (κ3) is 1.57. The first-order valence-corrected chi connectivity index (χ1v) is 3.50. The van der Waals surface area contributed by atoms with Crippen molar-refractivity contribution >= 4 is 5.97 Å². The van der Waals surface area contributed by atoms with Gasteiger partial charge in [0, 0.05) is 12.1 Å². The summed E-state index contributed by atoms with van der Waals surface area (Å²) in [5.41, 5.74) is 0. The van der Waals surface area contributed by atoms with Gasteiger partial charge in [0.15, 0.2) is 17.8 Å². The monoisotopic (exact) mass is 187 g/mol. The highest BCUT2D eigenvalue weighted by atomic mass is 16.4. The van der Waals surface area contributed by atoms with E-state index in [0.29, 0.717) is 0 Å². The van der Waals surface area contributed by atoms with Crippen LogP contribution in [0.2, 0.25) is 0 Å². The molecule has 0 unspecified atom stereocenters. The molecule has 0 aliphatic heterocycles. The van der Waals surface area contributed by atoms with E-state index in [4.69, 9.17) is 20.4 Å². The summed E-state index contributed by atoms with van der Waals surface area (Å²) in [6.07, 6.45) is 0. The minimum absolute atomic E-state index is 0.404. The van der Waals surface area contributed by atoms with Crippen LogP contribution in [0.1, 0.15) is 6.04 Å². The summed E-state index contributed by atoms with van der Waals surface area (Å²) in [6, 6.07) is 0.914. The third-order valence-electron chi connectivity index (χ3n) is 1.64. The molecule has 0 saturated carbocycles. The number of carboxylic acid groups (broad SMARTS) is 1. The molecule has 0 saturated heterocycles. The van der Waals surface area contributed by atoms with Gasteiger partial charge < -0.3 is 20.4 Å². The number of nitrogens with zero attached hydrogens (tertiary/aromatic N) is 1. The quantitative estimate of drug-likeness (QED) is 0.511. The molecule has 1 rings (SSSR count). The molecule has 1 aromatic rings. The van der Waals surface area contributed by atoms with Crippen LogP contribution < -0.4 is 0 Å². The second kappa shape index (κ2) is 3.36. The molecule has 4 N–H and O–H groups in total. The van der Waals surface area contributed by atoms with Gasteiger partial charge in [0.2, 0.25) is 0 Å². The maximum Gasteiger partial charge on any atom is 0.329 e. The SMILES string of the molecule is O=C(O)[C@H](CO)n1c(O)ccc1O. The van der Waals surface area contributed by atoms with Crippen molar-refractivity contribution in [3.05, 3.63) is 12.1 Å². The lowest BCUT2D eigenvalue weighted by Crippen LogP contribution is -2.21. The van der Waals surface area contributed by atoms with Crippen molar-refractivity contribution < 1.29 is 25.2 Å². The van der Waals surface area contributed by atoms with Crippen LogP contribution in [-0.2, 0) is 4.79 Å². The molecule has 0 aromatic carbocycles. The molecule has 13 heavy (non-hydrogen) atoms. The van der Waals surface area contributed by atoms with E-state index in [1.165, 1.54) is 0 Å². The molecular weight excluding hydrogens is 178 g/mol. The Morgan fingerprint density at radius 2 is 1.85 bits per heavy atom. The highest BCUT2D eigenvalue weighted by Crippen LogP contribution is 2.26. The van der Waals surface area contributed by atoms with Crippen molar-refractivity contribution in [3.8, 4) is 11.8 Å². The second-order valence-corrected chi connectivity index (χ2v) is 2.46. The molecule has 1 aromatic heterocycles. The number of aliphatic hydroxyl groups excluding tert-OH is 1. The molecule has 0 fully saturated rings. The number of aromatic hydroxyl groups is 2. The van der Waals surface area contributed by atoms with Crippen LogP contribution in [0.3, 0.4) is 0 Å². The van der Waals surface area contributed by atoms with Crippen LogP contribution in [0.4, 0.5) is 0 Å². The van der Waals surface area contributed by atoms with Crippen LogP contribution in [0.25, 0.3) is 0 Å². The Bertz CT molecular complexity index is 299. The summed E-state index contributed by atoms with van der Waals surface area (Å²) < 4.78 is 0.725. The Morgan fingerprint density at radius 1 is 1.38 bits per heavy atom. The van der Waals surface area contributed by atoms with E-state index in [-0.39, 0.29) is 0 Å². The molecule has 0 aliphatic carbocycles. The minimum Gasteiger partial charge on any atom is -0.494 e. The molecular formula is C7H9NO5. The topological polar surface area (TPSA) is 103 Å². The predicted molar refractivity (Wildman–Crippen MR) is 41.5 cm³/mol. The van der Waals surface area contributed by atoms with Gasteiger partial charge in [-0.2, -0.15) is 0 Å². The number of rotatable bonds is 3. The lowest BCUT2D eigenvalue weighted by Gasteiger charge is -2.13. The first-order chi connectivity index (χ1) is 6.07. The van der Waals surface area contributed by atoms with Gasteiger partial charge in [-0.25, -0.2) is 4.79 Å². The van der Waals surface area contributed by atoms with E-state index in [2.05, 4.69) is 0 Å². The average Bonchev–Trinajstić information content (AvgIpc) is 2.36. The van der Waals surface area contributed by atoms with E-state index < -0.39 is 30.4 Å². The van der Waals surface area contributed by atoms with Gasteiger partial charge in [0.1, 0.15) is 0 Å². The van der Waals surface area contributed by atoms with E-state index in [1.54, 1.807) is 0 Å². The normalized spacial score (nSPS) is 12.7. The first-order valence-electron chi connectivity index (χ1n) is 3.50. The van der Waals surface area contributed by atoms with Crippen molar-refractivity contribution in [2.75, 3.05) is 6.61 Å². The van der Waals surface area contributed by atoms with Gasteiger partial charge in [-0.3, -0.25) is 4.57 Å². The molecule has 6 nitrogen and oxygen atoms in total. The van der Waals surface area contributed by atoms with Crippen LogP contribution >= 0.6 is 0 Å². The fraction of sp³-hybridized carbons (Fsp3) is 0.286. The molecule has 0 radical (unpaired) electrons. The Balaban J connectivity index is 3.10. The number of aromatic nitrogens is 1. The van der Waals surface area contributed by atoms with E-state index in [1.807, 2.05) is 0 Å². The summed E-state index contributed by atoms with van der Waals surface area (Å²) in [5, 5.41) is 35.5. The standard InChI is InChI=1S/C7H9NO5/c9-3-4(7(12)13)8-5(10)1-2-6(8)11/h1-2,4,9-11H,3H2,(H,12,13)/t4-/m0/s1. The van der Waals surface area contributed by atoms with Crippen molar-refractivity contribution in [1.82, 2.24) is 4.57 Å². The van der Waals surface area contributed by atoms with Crippen LogP contribution in [0.5, 0.6) is 11.8 Å². The summed E-state index contributed by atoms with van der Waals surface area (Å²) >= 11 is 0. The summed E-state index contributed by atoms with van der Waals surface area (Å²) in [4.78, 5) is 10.5. The van der Waals surface area contributed by atoms with Gasteiger partial charge in [-0.15, -0.1) is 0 Å². The van der Waals surface area contributed by atoms with Crippen molar-refractivity contribution in [3.63, 3.8) is 0 Å². The molecule has 0 amide bonds. The number of aliphatic hydroxyl groups is 1. The molecule has 0 bridgehead atoms. The maximum absolute atomic E-state index is 10.5. The van der Waals surface area contributed by atoms with E-state index >= 15 is 0 Å². The highest BCUT2D eigenvalue weighted by Gasteiger charge is 2.23. The van der Waals surface area contributed by atoms with Gasteiger partial charge in [-0.1, -0.05) is 0 Å². The van der Waals surface area contributed by atoms with Crippen molar-refractivity contribution in [2.45, 2.75) is 6.04 Å². The predicted octanol–water partition coefficient (Wildman–Crippen LogP) is -0.483. The fourth-order valence-electron chi connectivity index (χ4n) is 1.02. The van der Waals surface area contributed by atoms with E-state index in [9.17, 15) is 4.79 Å². The Labute approximate surface area is 73.3 Å². The van der Waals surface area contributed by atoms with Crippen LogP contribution in [-0.4, -0.2) is 37.6 Å². The zero-order valence-electron chi connectivity index (χ0n) is 6.58. The third-order valence-corrected chi connectivity index (χ3v) is 1.64. The summed E-state index contributed by atoms with van der Waals surface area (Å²) in [5.74, 6) is -2.14. The Morgan fingerprint density at radius 3 is 2.15 bits per heavy atom. The molecule has 0 spiro atoms. The lowest BCUT2D eigenvalue weighted by atomic mass is 10.3. The van der Waals surface area contributed by atoms with Gasteiger partial charge in [0.25, 0.3) is 0 Å². The smallest absolute Gasteiger partial charge is 0.329 e. The zero-order valence-corrected chi connectivity index (χ0v) is 6.58. The van der Waals surface area contributed by atoms with Gasteiger partial charge in [-0.05, 0) is 0 Å². The molecule has 0 aliphatic rings. The molecule has 1 atom stereocenters. The largest absolute Gasteiger partial charge is 0.494 e. The summed E-state index contributed by atoms with van der Waals surface area (Å²) in [6.45, 7) is -0.703. The van der Waals surface area contributed by atoms with Crippen LogP contribution in [0.15, 0.2) is 12.1 Å². The molecule has 6 heteroatoms.